The van der Waals surface area contributed by atoms with Crippen LogP contribution in [0.25, 0.3) is 0 Å². The standard InChI is InChI=1S/C17H26N2O2/c1-12-8-14(9-13(2)15(12)21-5)10-19(4)16(20)17(3)6-7-18-11-17/h8-9,18H,6-7,10-11H2,1-5H3/t17-/m0/s1. The third-order valence-corrected chi connectivity index (χ3v) is 4.38. The van der Waals surface area contributed by atoms with Crippen LogP contribution < -0.4 is 10.1 Å². The average Bonchev–Trinajstić information content (AvgIpc) is 2.85. The Hall–Kier alpha value is -1.55. The molecule has 0 unspecified atom stereocenters. The van der Waals surface area contributed by atoms with Gasteiger partial charge in [-0.3, -0.25) is 4.79 Å². The lowest BCUT2D eigenvalue weighted by Crippen LogP contribution is -2.41. The van der Waals surface area contributed by atoms with Crippen molar-refractivity contribution in [3.63, 3.8) is 0 Å². The maximum absolute atomic E-state index is 12.6. The van der Waals surface area contributed by atoms with Crippen molar-refractivity contribution in [2.24, 2.45) is 5.41 Å². The number of aryl methyl sites for hydroxylation is 2. The van der Waals surface area contributed by atoms with Crippen LogP contribution in [0.4, 0.5) is 0 Å². The molecule has 0 radical (unpaired) electrons. The number of carbonyl (C=O) groups excluding carboxylic acids is 1. The summed E-state index contributed by atoms with van der Waals surface area (Å²) >= 11 is 0. The summed E-state index contributed by atoms with van der Waals surface area (Å²) in [4.78, 5) is 14.5. The summed E-state index contributed by atoms with van der Waals surface area (Å²) in [6, 6.07) is 4.20. The molecule has 1 saturated heterocycles. The van der Waals surface area contributed by atoms with Crippen molar-refractivity contribution in [3.8, 4) is 5.75 Å². The van der Waals surface area contributed by atoms with E-state index in [1.807, 2.05) is 25.8 Å². The molecule has 1 heterocycles. The number of nitrogens with zero attached hydrogens (tertiary/aromatic N) is 1. The van der Waals surface area contributed by atoms with Gasteiger partial charge in [0.05, 0.1) is 12.5 Å². The van der Waals surface area contributed by atoms with E-state index in [2.05, 4.69) is 24.4 Å². The molecular weight excluding hydrogens is 264 g/mol. The van der Waals surface area contributed by atoms with Crippen LogP contribution in [-0.4, -0.2) is 38.1 Å². The fourth-order valence-electron chi connectivity index (χ4n) is 3.26. The highest BCUT2D eigenvalue weighted by atomic mass is 16.5. The van der Waals surface area contributed by atoms with Gasteiger partial charge in [0.25, 0.3) is 0 Å². The van der Waals surface area contributed by atoms with E-state index in [4.69, 9.17) is 4.74 Å². The molecule has 1 aliphatic rings. The summed E-state index contributed by atoms with van der Waals surface area (Å²) < 4.78 is 5.39. The Morgan fingerprint density at radius 3 is 2.48 bits per heavy atom. The maximum Gasteiger partial charge on any atom is 0.229 e. The first kappa shape index (κ1) is 15.8. The third-order valence-electron chi connectivity index (χ3n) is 4.38. The number of rotatable bonds is 4. The number of benzene rings is 1. The first-order valence-corrected chi connectivity index (χ1v) is 7.48. The minimum absolute atomic E-state index is 0.221. The van der Waals surface area contributed by atoms with E-state index in [-0.39, 0.29) is 11.3 Å². The SMILES string of the molecule is COc1c(C)cc(CN(C)C(=O)[C@@]2(C)CCNC2)cc1C. The lowest BCUT2D eigenvalue weighted by atomic mass is 9.88. The van der Waals surface area contributed by atoms with E-state index in [9.17, 15) is 4.79 Å². The summed E-state index contributed by atoms with van der Waals surface area (Å²) in [5.41, 5.74) is 3.12. The lowest BCUT2D eigenvalue weighted by Gasteiger charge is -2.28. The molecule has 4 heteroatoms. The monoisotopic (exact) mass is 290 g/mol. The third kappa shape index (κ3) is 3.21. The number of methoxy groups -OCH3 is 1. The van der Waals surface area contributed by atoms with Crippen molar-refractivity contribution in [2.45, 2.75) is 33.7 Å². The number of hydrogen-bond donors (Lipinski definition) is 1. The first-order chi connectivity index (χ1) is 9.87. The molecule has 0 aromatic heterocycles. The average molecular weight is 290 g/mol. The van der Waals surface area contributed by atoms with Crippen LogP contribution in [0.3, 0.4) is 0 Å². The summed E-state index contributed by atoms with van der Waals surface area (Å²) in [5, 5.41) is 3.28. The van der Waals surface area contributed by atoms with Crippen LogP contribution >= 0.6 is 0 Å². The van der Waals surface area contributed by atoms with E-state index < -0.39 is 0 Å². The Bertz CT molecular complexity index is 511. The largest absolute Gasteiger partial charge is 0.496 e. The minimum Gasteiger partial charge on any atom is -0.496 e. The van der Waals surface area contributed by atoms with Gasteiger partial charge >= 0.3 is 0 Å². The van der Waals surface area contributed by atoms with Crippen molar-refractivity contribution in [2.75, 3.05) is 27.2 Å². The van der Waals surface area contributed by atoms with Gasteiger partial charge in [-0.2, -0.15) is 0 Å². The smallest absolute Gasteiger partial charge is 0.229 e. The van der Waals surface area contributed by atoms with Crippen molar-refractivity contribution < 1.29 is 9.53 Å². The maximum atomic E-state index is 12.6. The van der Waals surface area contributed by atoms with Crippen molar-refractivity contribution >= 4 is 5.91 Å². The van der Waals surface area contributed by atoms with Gasteiger partial charge in [-0.1, -0.05) is 12.1 Å². The molecule has 1 aromatic rings. The molecule has 1 aromatic carbocycles. The van der Waals surface area contributed by atoms with E-state index in [1.54, 1.807) is 7.11 Å². The number of carbonyl (C=O) groups is 1. The number of nitrogens with one attached hydrogen (secondary N) is 1. The Kier molecular flexibility index (Phi) is 4.57. The van der Waals surface area contributed by atoms with Gasteiger partial charge in [-0.05, 0) is 50.4 Å². The molecule has 0 aliphatic carbocycles. The summed E-state index contributed by atoms with van der Waals surface area (Å²) in [6.07, 6.45) is 0.914. The van der Waals surface area contributed by atoms with Crippen LogP contribution in [0.1, 0.15) is 30.0 Å². The van der Waals surface area contributed by atoms with Crippen LogP contribution in [-0.2, 0) is 11.3 Å². The van der Waals surface area contributed by atoms with E-state index in [1.165, 1.54) is 0 Å². The second kappa shape index (κ2) is 6.06. The molecule has 1 N–H and O–H groups in total. The molecule has 4 nitrogen and oxygen atoms in total. The highest BCUT2D eigenvalue weighted by Crippen LogP contribution is 2.29. The van der Waals surface area contributed by atoms with Gasteiger partial charge in [0, 0.05) is 20.1 Å². The quantitative estimate of drug-likeness (QED) is 0.925. The van der Waals surface area contributed by atoms with Crippen molar-refractivity contribution in [1.82, 2.24) is 10.2 Å². The van der Waals surface area contributed by atoms with Gasteiger partial charge in [0.15, 0.2) is 0 Å². The zero-order valence-electron chi connectivity index (χ0n) is 13.7. The molecule has 116 valence electrons. The molecule has 1 amide bonds. The van der Waals surface area contributed by atoms with Gasteiger partial charge in [0.1, 0.15) is 5.75 Å². The highest BCUT2D eigenvalue weighted by molar-refractivity contribution is 5.82. The van der Waals surface area contributed by atoms with E-state index >= 15 is 0 Å². The molecule has 1 fully saturated rings. The van der Waals surface area contributed by atoms with E-state index in [0.717, 1.165) is 42.0 Å². The summed E-state index contributed by atoms with van der Waals surface area (Å²) in [5.74, 6) is 1.15. The van der Waals surface area contributed by atoms with Crippen molar-refractivity contribution in [1.29, 1.82) is 0 Å². The summed E-state index contributed by atoms with van der Waals surface area (Å²) in [7, 11) is 3.58. The molecule has 0 saturated carbocycles. The zero-order chi connectivity index (χ0) is 15.6. The summed E-state index contributed by atoms with van der Waals surface area (Å²) in [6.45, 7) is 8.48. The van der Waals surface area contributed by atoms with Crippen LogP contribution in [0.5, 0.6) is 5.75 Å². The highest BCUT2D eigenvalue weighted by Gasteiger charge is 2.38. The van der Waals surface area contributed by atoms with Crippen LogP contribution in [0.15, 0.2) is 12.1 Å². The fraction of sp³-hybridized carbons (Fsp3) is 0.588. The Balaban J connectivity index is 2.12. The second-order valence-corrected chi connectivity index (χ2v) is 6.41. The number of ether oxygens (including phenoxy) is 1. The number of amides is 1. The lowest BCUT2D eigenvalue weighted by molar-refractivity contribution is -0.139. The second-order valence-electron chi connectivity index (χ2n) is 6.41. The Labute approximate surface area is 127 Å². The predicted molar refractivity (Wildman–Crippen MR) is 84.5 cm³/mol. The molecule has 1 aliphatic heterocycles. The van der Waals surface area contributed by atoms with Gasteiger partial charge in [-0.15, -0.1) is 0 Å². The van der Waals surface area contributed by atoms with Crippen LogP contribution in [0.2, 0.25) is 0 Å². The van der Waals surface area contributed by atoms with Crippen molar-refractivity contribution in [3.05, 3.63) is 28.8 Å². The molecule has 0 bridgehead atoms. The van der Waals surface area contributed by atoms with E-state index in [0.29, 0.717) is 6.54 Å². The molecular formula is C17H26N2O2. The van der Waals surface area contributed by atoms with Crippen LogP contribution in [0, 0.1) is 19.3 Å². The Morgan fingerprint density at radius 2 is 2.00 bits per heavy atom. The molecule has 21 heavy (non-hydrogen) atoms. The fourth-order valence-corrected chi connectivity index (χ4v) is 3.26. The van der Waals surface area contributed by atoms with Gasteiger partial charge in [0.2, 0.25) is 5.91 Å². The Morgan fingerprint density at radius 1 is 1.38 bits per heavy atom. The van der Waals surface area contributed by atoms with Gasteiger partial charge in [-0.25, -0.2) is 0 Å². The minimum atomic E-state index is -0.259. The molecule has 2 rings (SSSR count). The van der Waals surface area contributed by atoms with Gasteiger partial charge < -0.3 is 15.0 Å². The molecule has 1 atom stereocenters. The normalized spacial score (nSPS) is 21.4. The number of hydrogen-bond acceptors (Lipinski definition) is 3. The predicted octanol–water partition coefficient (Wildman–Crippen LogP) is 2.27. The zero-order valence-corrected chi connectivity index (χ0v) is 13.7. The topological polar surface area (TPSA) is 41.6 Å². The molecule has 0 spiro atoms. The first-order valence-electron chi connectivity index (χ1n) is 7.48.